The van der Waals surface area contributed by atoms with Crippen molar-refractivity contribution in [2.75, 3.05) is 28.0 Å². The summed E-state index contributed by atoms with van der Waals surface area (Å²) in [5.41, 5.74) is 4.03. The number of nitrogens with one attached hydrogen (secondary N) is 1. The Morgan fingerprint density at radius 1 is 1.04 bits per heavy atom. The molecule has 2 aromatic rings. The van der Waals surface area contributed by atoms with Gasteiger partial charge in [-0.05, 0) is 43.2 Å². The van der Waals surface area contributed by atoms with Crippen LogP contribution in [0.1, 0.15) is 18.1 Å². The van der Waals surface area contributed by atoms with Crippen molar-refractivity contribution in [3.8, 4) is 0 Å². The van der Waals surface area contributed by atoms with Crippen LogP contribution in [0.2, 0.25) is 0 Å². The van der Waals surface area contributed by atoms with Crippen LogP contribution in [-0.2, 0) is 15.0 Å². The summed E-state index contributed by atoms with van der Waals surface area (Å²) in [5.74, 6) is -0.228. The van der Waals surface area contributed by atoms with Gasteiger partial charge in [0.2, 0.25) is 0 Å². The van der Waals surface area contributed by atoms with Gasteiger partial charge in [-0.15, -0.1) is 0 Å². The van der Waals surface area contributed by atoms with Crippen molar-refractivity contribution in [2.45, 2.75) is 13.8 Å². The van der Waals surface area contributed by atoms with E-state index < -0.39 is 10.2 Å². The number of amides is 1. The van der Waals surface area contributed by atoms with Crippen LogP contribution in [0.5, 0.6) is 0 Å². The average Bonchev–Trinajstić information content (AvgIpc) is 2.77. The highest BCUT2D eigenvalue weighted by Gasteiger charge is 2.36. The molecule has 2 aromatic carbocycles. The summed E-state index contributed by atoms with van der Waals surface area (Å²) in [4.78, 5) is 12.5. The van der Waals surface area contributed by atoms with Crippen molar-refractivity contribution in [3.63, 3.8) is 0 Å². The fourth-order valence-corrected chi connectivity index (χ4v) is 4.00. The molecular formula is C19H21N3O3S. The molecular weight excluding hydrogens is 350 g/mol. The number of hydrogen-bond acceptors (Lipinski definition) is 3. The molecule has 1 N–H and O–H groups in total. The summed E-state index contributed by atoms with van der Waals surface area (Å²) < 4.78 is 27.0. The van der Waals surface area contributed by atoms with E-state index in [4.69, 9.17) is 0 Å². The van der Waals surface area contributed by atoms with Gasteiger partial charge in [0.25, 0.3) is 5.91 Å². The number of carbonyl (C=O) groups excluding carboxylic acids is 1. The first-order chi connectivity index (χ1) is 12.2. The molecule has 0 atom stereocenters. The number of anilines is 3. The van der Waals surface area contributed by atoms with Crippen LogP contribution in [0.15, 0.2) is 48.0 Å². The Bertz CT molecular complexity index is 998. The predicted molar refractivity (Wildman–Crippen MR) is 106 cm³/mol. The third-order valence-corrected chi connectivity index (χ3v) is 6.26. The molecule has 1 heterocycles. The van der Waals surface area contributed by atoms with Crippen LogP contribution < -0.4 is 13.9 Å². The van der Waals surface area contributed by atoms with Gasteiger partial charge in [0.05, 0.1) is 11.4 Å². The maximum absolute atomic E-state index is 12.5. The molecule has 0 unspecified atom stereocenters. The minimum atomic E-state index is -3.54. The molecule has 0 radical (unpaired) electrons. The van der Waals surface area contributed by atoms with E-state index >= 15 is 0 Å². The summed E-state index contributed by atoms with van der Waals surface area (Å²) >= 11 is 0. The molecule has 0 fully saturated rings. The molecule has 0 aromatic heterocycles. The molecule has 0 saturated heterocycles. The van der Waals surface area contributed by atoms with Crippen LogP contribution in [-0.4, -0.2) is 28.4 Å². The topological polar surface area (TPSA) is 69.7 Å². The molecule has 0 bridgehead atoms. The standard InChI is InChI=1S/C19H21N3O3S/c1-13-11-17-18(22(4)26(24,25)21(17)3)12-16(13)20-19(23)14(2)10-15-8-6-5-7-9-15/h5-12H,1-4H3,(H,20,23)/b14-10+. The van der Waals surface area contributed by atoms with Gasteiger partial charge in [0, 0.05) is 25.4 Å². The molecule has 26 heavy (non-hydrogen) atoms. The number of benzene rings is 2. The summed E-state index contributed by atoms with van der Waals surface area (Å²) in [7, 11) is -0.524. The second kappa shape index (κ2) is 6.49. The lowest BCUT2D eigenvalue weighted by Crippen LogP contribution is -2.32. The highest BCUT2D eigenvalue weighted by atomic mass is 32.2. The Kier molecular flexibility index (Phi) is 4.50. The second-order valence-electron chi connectivity index (χ2n) is 6.29. The van der Waals surface area contributed by atoms with E-state index in [1.807, 2.05) is 43.3 Å². The molecule has 1 aliphatic heterocycles. The molecule has 1 aliphatic rings. The molecule has 0 spiro atoms. The monoisotopic (exact) mass is 371 g/mol. The highest BCUT2D eigenvalue weighted by molar-refractivity contribution is 7.94. The van der Waals surface area contributed by atoms with Crippen molar-refractivity contribution < 1.29 is 13.2 Å². The zero-order valence-electron chi connectivity index (χ0n) is 15.1. The predicted octanol–water partition coefficient (Wildman–Crippen LogP) is 3.17. The Morgan fingerprint density at radius 2 is 1.62 bits per heavy atom. The number of aryl methyl sites for hydroxylation is 1. The van der Waals surface area contributed by atoms with Crippen molar-refractivity contribution in [1.29, 1.82) is 0 Å². The molecule has 0 aliphatic carbocycles. The Labute approximate surface area is 153 Å². The molecule has 7 heteroatoms. The second-order valence-corrected chi connectivity index (χ2v) is 8.28. The summed E-state index contributed by atoms with van der Waals surface area (Å²) in [6, 6.07) is 13.0. The quantitative estimate of drug-likeness (QED) is 0.843. The minimum Gasteiger partial charge on any atom is -0.322 e. The zero-order chi connectivity index (χ0) is 19.1. The zero-order valence-corrected chi connectivity index (χ0v) is 16.0. The molecule has 3 rings (SSSR count). The van der Waals surface area contributed by atoms with Gasteiger partial charge in [-0.25, -0.2) is 0 Å². The first kappa shape index (κ1) is 18.0. The van der Waals surface area contributed by atoms with E-state index in [0.29, 0.717) is 22.6 Å². The van der Waals surface area contributed by atoms with E-state index in [9.17, 15) is 13.2 Å². The normalized spacial score (nSPS) is 15.8. The molecule has 136 valence electrons. The maximum Gasteiger partial charge on any atom is 0.326 e. The minimum absolute atomic E-state index is 0.228. The van der Waals surface area contributed by atoms with E-state index in [0.717, 1.165) is 11.1 Å². The number of fused-ring (bicyclic) bond motifs is 1. The molecule has 6 nitrogen and oxygen atoms in total. The van der Waals surface area contributed by atoms with Crippen molar-refractivity contribution >= 4 is 39.3 Å². The Balaban J connectivity index is 1.89. The first-order valence-corrected chi connectivity index (χ1v) is 9.53. The van der Waals surface area contributed by atoms with Crippen molar-refractivity contribution in [1.82, 2.24) is 0 Å². The smallest absolute Gasteiger partial charge is 0.322 e. The van der Waals surface area contributed by atoms with Crippen LogP contribution in [0.3, 0.4) is 0 Å². The van der Waals surface area contributed by atoms with Crippen molar-refractivity contribution in [3.05, 3.63) is 59.2 Å². The average molecular weight is 371 g/mol. The van der Waals surface area contributed by atoms with Gasteiger partial charge in [0.15, 0.2) is 0 Å². The van der Waals surface area contributed by atoms with Crippen LogP contribution in [0.4, 0.5) is 17.1 Å². The Morgan fingerprint density at radius 3 is 2.23 bits per heavy atom. The van der Waals surface area contributed by atoms with Crippen LogP contribution in [0, 0.1) is 6.92 Å². The van der Waals surface area contributed by atoms with E-state index in [-0.39, 0.29) is 5.91 Å². The molecule has 1 amide bonds. The first-order valence-electron chi connectivity index (χ1n) is 8.14. The fourth-order valence-electron chi connectivity index (χ4n) is 2.84. The lowest BCUT2D eigenvalue weighted by molar-refractivity contribution is -0.112. The third kappa shape index (κ3) is 3.06. The number of nitrogens with zero attached hydrogens (tertiary/aromatic N) is 2. The maximum atomic E-state index is 12.5. The number of rotatable bonds is 3. The van der Waals surface area contributed by atoms with Gasteiger partial charge in [0.1, 0.15) is 0 Å². The van der Waals surface area contributed by atoms with Gasteiger partial charge in [-0.2, -0.15) is 8.42 Å². The lowest BCUT2D eigenvalue weighted by Gasteiger charge is -2.13. The third-order valence-electron chi connectivity index (χ3n) is 4.48. The number of hydrogen-bond donors (Lipinski definition) is 1. The molecule has 0 saturated carbocycles. The summed E-state index contributed by atoms with van der Waals surface area (Å²) in [6.07, 6.45) is 1.81. The SMILES string of the molecule is C/C(=C\c1ccccc1)C(=O)Nc1cc2c(cc1C)N(C)S(=O)(=O)N2C. The highest BCUT2D eigenvalue weighted by Crippen LogP contribution is 2.42. The van der Waals surface area contributed by atoms with E-state index in [1.165, 1.54) is 22.7 Å². The van der Waals surface area contributed by atoms with Gasteiger partial charge < -0.3 is 5.32 Å². The number of carbonyl (C=O) groups is 1. The lowest BCUT2D eigenvalue weighted by atomic mass is 10.1. The summed E-state index contributed by atoms with van der Waals surface area (Å²) in [6.45, 7) is 3.58. The van der Waals surface area contributed by atoms with Gasteiger partial charge >= 0.3 is 10.2 Å². The van der Waals surface area contributed by atoms with Crippen LogP contribution >= 0.6 is 0 Å². The summed E-state index contributed by atoms with van der Waals surface area (Å²) in [5, 5.41) is 2.88. The van der Waals surface area contributed by atoms with Crippen molar-refractivity contribution in [2.24, 2.45) is 0 Å². The van der Waals surface area contributed by atoms with E-state index in [1.54, 1.807) is 19.1 Å². The largest absolute Gasteiger partial charge is 0.326 e. The Hall–Kier alpha value is -2.80. The fraction of sp³-hybridized carbons (Fsp3) is 0.211. The van der Waals surface area contributed by atoms with Gasteiger partial charge in [-0.3, -0.25) is 13.4 Å². The van der Waals surface area contributed by atoms with Crippen LogP contribution in [0.25, 0.3) is 6.08 Å². The van der Waals surface area contributed by atoms with Gasteiger partial charge in [-0.1, -0.05) is 30.3 Å². The van der Waals surface area contributed by atoms with E-state index in [2.05, 4.69) is 5.32 Å².